The van der Waals surface area contributed by atoms with E-state index in [1.807, 2.05) is 42.5 Å². The lowest BCUT2D eigenvalue weighted by Gasteiger charge is -2.18. The Hall–Kier alpha value is -3.44. The van der Waals surface area contributed by atoms with Crippen molar-refractivity contribution in [2.24, 2.45) is 0 Å². The molecule has 3 heterocycles. The average Bonchev–Trinajstić information content (AvgIpc) is 3.20. The molecule has 2 aromatic carbocycles. The predicted octanol–water partition coefficient (Wildman–Crippen LogP) is 4.30. The molecule has 5 rings (SSSR count). The summed E-state index contributed by atoms with van der Waals surface area (Å²) in [5.41, 5.74) is 3.26. The second kappa shape index (κ2) is 7.43. The highest BCUT2D eigenvalue weighted by atomic mass is 35.5. The quantitative estimate of drug-likeness (QED) is 0.501. The van der Waals surface area contributed by atoms with Gasteiger partial charge in [-0.05, 0) is 53.9 Å². The van der Waals surface area contributed by atoms with E-state index in [1.54, 1.807) is 39.9 Å². The van der Waals surface area contributed by atoms with Crippen LogP contribution in [0.25, 0.3) is 11.0 Å². The van der Waals surface area contributed by atoms with Gasteiger partial charge in [0.05, 0.1) is 6.54 Å². The Labute approximate surface area is 178 Å². The molecule has 5 nitrogen and oxygen atoms in total. The van der Waals surface area contributed by atoms with Gasteiger partial charge in [0, 0.05) is 28.8 Å². The molecule has 1 aliphatic rings. The molecule has 0 unspecified atom stereocenters. The molecule has 1 aliphatic heterocycles. The first kappa shape index (κ1) is 18.6. The molecular formula is C24H18ClN3O2. The SMILES string of the molecule is O=C(c1cc2cccnc2n(Cc2ccc(Cl)cc2)c1=O)N1CCc2ccccc21. The maximum Gasteiger partial charge on any atom is 0.265 e. The second-order valence-electron chi connectivity index (χ2n) is 7.33. The van der Waals surface area contributed by atoms with Crippen LogP contribution in [0.4, 0.5) is 5.69 Å². The number of carbonyl (C=O) groups is 1. The van der Waals surface area contributed by atoms with Crippen LogP contribution in [-0.2, 0) is 13.0 Å². The van der Waals surface area contributed by atoms with E-state index in [-0.39, 0.29) is 17.0 Å². The smallest absolute Gasteiger partial charge is 0.265 e. The van der Waals surface area contributed by atoms with Crippen molar-refractivity contribution in [1.29, 1.82) is 0 Å². The molecule has 0 atom stereocenters. The Morgan fingerprint density at radius 3 is 2.67 bits per heavy atom. The first-order valence-electron chi connectivity index (χ1n) is 9.74. The van der Waals surface area contributed by atoms with Crippen LogP contribution < -0.4 is 10.5 Å². The van der Waals surface area contributed by atoms with Crippen molar-refractivity contribution in [3.05, 3.63) is 105 Å². The van der Waals surface area contributed by atoms with E-state index in [9.17, 15) is 9.59 Å². The Bertz CT molecular complexity index is 1330. The third-order valence-corrected chi connectivity index (χ3v) is 5.72. The molecule has 6 heteroatoms. The largest absolute Gasteiger partial charge is 0.308 e. The number of para-hydroxylation sites is 1. The van der Waals surface area contributed by atoms with Crippen molar-refractivity contribution in [3.63, 3.8) is 0 Å². The van der Waals surface area contributed by atoms with E-state index < -0.39 is 0 Å². The number of hydrogen-bond acceptors (Lipinski definition) is 3. The van der Waals surface area contributed by atoms with E-state index >= 15 is 0 Å². The number of pyridine rings is 2. The molecule has 0 spiro atoms. The lowest BCUT2D eigenvalue weighted by atomic mass is 10.1. The third kappa shape index (κ3) is 3.17. The number of aromatic nitrogens is 2. The predicted molar refractivity (Wildman–Crippen MR) is 118 cm³/mol. The van der Waals surface area contributed by atoms with E-state index in [2.05, 4.69) is 4.98 Å². The number of amides is 1. The molecule has 0 saturated carbocycles. The van der Waals surface area contributed by atoms with Crippen molar-refractivity contribution in [2.45, 2.75) is 13.0 Å². The van der Waals surface area contributed by atoms with Crippen LogP contribution in [0.1, 0.15) is 21.5 Å². The topological polar surface area (TPSA) is 55.2 Å². The van der Waals surface area contributed by atoms with Gasteiger partial charge in [0.15, 0.2) is 0 Å². The minimum Gasteiger partial charge on any atom is -0.308 e. The van der Waals surface area contributed by atoms with Gasteiger partial charge in [-0.15, -0.1) is 0 Å². The standard InChI is InChI=1S/C24H18ClN3O2/c25-19-9-7-16(8-10-19)15-28-22-18(5-3-12-26-22)14-20(24(28)30)23(29)27-13-11-17-4-1-2-6-21(17)27/h1-10,12,14H,11,13,15H2. The van der Waals surface area contributed by atoms with Crippen molar-refractivity contribution in [1.82, 2.24) is 9.55 Å². The number of halogens is 1. The monoisotopic (exact) mass is 415 g/mol. The van der Waals surface area contributed by atoms with Gasteiger partial charge in [0.2, 0.25) is 0 Å². The molecular weight excluding hydrogens is 398 g/mol. The first-order chi connectivity index (χ1) is 14.6. The molecule has 30 heavy (non-hydrogen) atoms. The average molecular weight is 416 g/mol. The van der Waals surface area contributed by atoms with Crippen LogP contribution in [0.15, 0.2) is 77.7 Å². The second-order valence-corrected chi connectivity index (χ2v) is 7.76. The van der Waals surface area contributed by atoms with Gasteiger partial charge in [0.1, 0.15) is 11.2 Å². The molecule has 0 radical (unpaired) electrons. The zero-order valence-electron chi connectivity index (χ0n) is 16.1. The van der Waals surface area contributed by atoms with E-state index in [0.29, 0.717) is 23.8 Å². The van der Waals surface area contributed by atoms with Gasteiger partial charge >= 0.3 is 0 Å². The van der Waals surface area contributed by atoms with Crippen molar-refractivity contribution in [3.8, 4) is 0 Å². The molecule has 2 aromatic heterocycles. The molecule has 4 aromatic rings. The Balaban J connectivity index is 1.63. The maximum atomic E-state index is 13.4. The highest BCUT2D eigenvalue weighted by molar-refractivity contribution is 6.30. The summed E-state index contributed by atoms with van der Waals surface area (Å²) in [6, 6.07) is 20.5. The number of fused-ring (bicyclic) bond motifs is 2. The summed E-state index contributed by atoms with van der Waals surface area (Å²) in [6.45, 7) is 0.876. The van der Waals surface area contributed by atoms with Gasteiger partial charge in [-0.2, -0.15) is 0 Å². The highest BCUT2D eigenvalue weighted by Gasteiger charge is 2.28. The Morgan fingerprint density at radius 1 is 1.03 bits per heavy atom. The van der Waals surface area contributed by atoms with Crippen LogP contribution >= 0.6 is 11.6 Å². The molecule has 1 amide bonds. The summed E-state index contributed by atoms with van der Waals surface area (Å²) in [4.78, 5) is 32.9. The number of benzene rings is 2. The van der Waals surface area contributed by atoms with Crippen LogP contribution in [0.2, 0.25) is 5.02 Å². The Kier molecular flexibility index (Phi) is 4.60. The fourth-order valence-electron chi connectivity index (χ4n) is 3.97. The highest BCUT2D eigenvalue weighted by Crippen LogP contribution is 2.28. The number of rotatable bonds is 3. The summed E-state index contributed by atoms with van der Waals surface area (Å²) in [6.07, 6.45) is 2.44. The summed E-state index contributed by atoms with van der Waals surface area (Å²) in [5.74, 6) is -0.277. The third-order valence-electron chi connectivity index (χ3n) is 5.46. The van der Waals surface area contributed by atoms with Gasteiger partial charge in [-0.25, -0.2) is 4.98 Å². The normalized spacial score (nSPS) is 12.9. The van der Waals surface area contributed by atoms with Gasteiger partial charge in [0.25, 0.3) is 11.5 Å². The van der Waals surface area contributed by atoms with E-state index in [0.717, 1.165) is 28.6 Å². The molecule has 0 aliphatic carbocycles. The van der Waals surface area contributed by atoms with Gasteiger partial charge in [-0.3, -0.25) is 14.2 Å². The number of anilines is 1. The number of carbonyl (C=O) groups excluding carboxylic acids is 1. The van der Waals surface area contributed by atoms with Crippen molar-refractivity contribution >= 4 is 34.2 Å². The lowest BCUT2D eigenvalue weighted by molar-refractivity contribution is 0.0987. The van der Waals surface area contributed by atoms with Crippen molar-refractivity contribution < 1.29 is 4.79 Å². The van der Waals surface area contributed by atoms with Crippen molar-refractivity contribution in [2.75, 3.05) is 11.4 Å². The lowest BCUT2D eigenvalue weighted by Crippen LogP contribution is -2.36. The Morgan fingerprint density at radius 2 is 1.83 bits per heavy atom. The number of hydrogen-bond donors (Lipinski definition) is 0. The molecule has 0 N–H and O–H groups in total. The molecule has 0 fully saturated rings. The number of nitrogens with zero attached hydrogens (tertiary/aromatic N) is 3. The van der Waals surface area contributed by atoms with Crippen LogP contribution in [-0.4, -0.2) is 22.0 Å². The molecule has 148 valence electrons. The van der Waals surface area contributed by atoms with Gasteiger partial charge < -0.3 is 4.90 Å². The van der Waals surface area contributed by atoms with Crippen LogP contribution in [0.5, 0.6) is 0 Å². The zero-order chi connectivity index (χ0) is 20.7. The van der Waals surface area contributed by atoms with Crippen LogP contribution in [0.3, 0.4) is 0 Å². The fraction of sp³-hybridized carbons (Fsp3) is 0.125. The van der Waals surface area contributed by atoms with Crippen LogP contribution in [0, 0.1) is 0 Å². The summed E-state index contributed by atoms with van der Waals surface area (Å²) < 4.78 is 1.56. The van der Waals surface area contributed by atoms with Gasteiger partial charge in [-0.1, -0.05) is 41.9 Å². The minimum absolute atomic E-state index is 0.154. The summed E-state index contributed by atoms with van der Waals surface area (Å²) in [7, 11) is 0. The zero-order valence-corrected chi connectivity index (χ0v) is 16.8. The summed E-state index contributed by atoms with van der Waals surface area (Å²) in [5, 5.41) is 1.38. The minimum atomic E-state index is -0.342. The first-order valence-corrected chi connectivity index (χ1v) is 10.1. The maximum absolute atomic E-state index is 13.4. The summed E-state index contributed by atoms with van der Waals surface area (Å²) >= 11 is 5.99. The van der Waals surface area contributed by atoms with E-state index in [1.165, 1.54) is 0 Å². The molecule has 0 saturated heterocycles. The fourth-order valence-corrected chi connectivity index (χ4v) is 4.10. The van der Waals surface area contributed by atoms with E-state index in [4.69, 9.17) is 11.6 Å². The molecule has 0 bridgehead atoms.